The molecule has 0 amide bonds. The first kappa shape index (κ1) is 14.7. The first-order chi connectivity index (χ1) is 11.7. The van der Waals surface area contributed by atoms with E-state index >= 15 is 0 Å². The molecule has 7 heteroatoms. The van der Waals surface area contributed by atoms with Gasteiger partial charge in [-0.2, -0.15) is 0 Å². The minimum atomic E-state index is -0.909. The van der Waals surface area contributed by atoms with Gasteiger partial charge in [-0.1, -0.05) is 11.6 Å². The van der Waals surface area contributed by atoms with E-state index < -0.39 is 5.79 Å². The molecule has 6 nitrogen and oxygen atoms in total. The van der Waals surface area contributed by atoms with Crippen LogP contribution in [0.2, 0.25) is 0 Å². The van der Waals surface area contributed by atoms with Crippen LogP contribution >= 0.6 is 11.6 Å². The van der Waals surface area contributed by atoms with E-state index in [1.165, 1.54) is 0 Å². The predicted molar refractivity (Wildman–Crippen MR) is 94.3 cm³/mol. The van der Waals surface area contributed by atoms with Crippen LogP contribution in [-0.4, -0.2) is 27.2 Å². The highest BCUT2D eigenvalue weighted by atomic mass is 35.5. The van der Waals surface area contributed by atoms with Gasteiger partial charge in [0.2, 0.25) is 5.79 Å². The number of pyridine rings is 2. The van der Waals surface area contributed by atoms with Crippen LogP contribution in [0.4, 0.5) is 5.69 Å². The Morgan fingerprint density at radius 1 is 1.17 bits per heavy atom. The number of fused-ring (bicyclic) bond motifs is 1. The van der Waals surface area contributed by atoms with E-state index in [-0.39, 0.29) is 0 Å². The molecule has 2 aromatic heterocycles. The number of amidine groups is 1. The fraction of sp³-hybridized carbons (Fsp3) is 0.118. The molecule has 2 aliphatic rings. The van der Waals surface area contributed by atoms with E-state index in [9.17, 15) is 0 Å². The first-order valence-electron chi connectivity index (χ1n) is 7.47. The van der Waals surface area contributed by atoms with Gasteiger partial charge in [0.05, 0.1) is 18.4 Å². The van der Waals surface area contributed by atoms with Crippen LogP contribution in [0.5, 0.6) is 0 Å². The maximum atomic E-state index is 6.27. The lowest BCUT2D eigenvalue weighted by Crippen LogP contribution is -2.52. The van der Waals surface area contributed by atoms with Crippen molar-refractivity contribution in [2.24, 2.45) is 10.7 Å². The van der Waals surface area contributed by atoms with Crippen molar-refractivity contribution in [1.29, 1.82) is 0 Å². The fourth-order valence-electron chi connectivity index (χ4n) is 2.93. The Kier molecular flexibility index (Phi) is 3.46. The number of rotatable bonds is 2. The Bertz CT molecular complexity index is 860. The highest BCUT2D eigenvalue weighted by Crippen LogP contribution is 2.38. The molecule has 0 saturated carbocycles. The van der Waals surface area contributed by atoms with Crippen molar-refractivity contribution in [2.45, 2.75) is 5.79 Å². The first-order valence-corrected chi connectivity index (χ1v) is 7.85. The molecule has 2 aromatic rings. The van der Waals surface area contributed by atoms with Gasteiger partial charge in [-0.05, 0) is 30.4 Å². The van der Waals surface area contributed by atoms with Crippen molar-refractivity contribution in [2.75, 3.05) is 11.9 Å². The molecule has 0 fully saturated rings. The number of anilines is 1. The Labute approximate surface area is 144 Å². The van der Waals surface area contributed by atoms with E-state index in [2.05, 4.69) is 15.3 Å². The number of hydrogen-bond acceptors (Lipinski definition) is 6. The number of allylic oxidation sites excluding steroid dienone is 2. The zero-order valence-corrected chi connectivity index (χ0v) is 13.5. The number of aliphatic imine (C=N–C) groups is 1. The summed E-state index contributed by atoms with van der Waals surface area (Å²) in [5, 5.41) is 4.20. The van der Waals surface area contributed by atoms with E-state index in [0.717, 1.165) is 21.8 Å². The number of halogens is 1. The average molecular weight is 339 g/mol. The zero-order valence-electron chi connectivity index (χ0n) is 12.7. The predicted octanol–water partition coefficient (Wildman–Crippen LogP) is 2.37. The third-order valence-electron chi connectivity index (χ3n) is 4.05. The SMILES string of the molecule is NC1=NC(c2ccncc2)(N2C=CC=C(Cl)C2)Nc2cnccc21. The van der Waals surface area contributed by atoms with Gasteiger partial charge in [0.15, 0.2) is 0 Å². The zero-order chi connectivity index (χ0) is 16.6. The Hall–Kier alpha value is -2.86. The fourth-order valence-corrected chi connectivity index (χ4v) is 3.13. The van der Waals surface area contributed by atoms with Gasteiger partial charge < -0.3 is 16.0 Å². The van der Waals surface area contributed by atoms with Crippen molar-refractivity contribution in [3.8, 4) is 0 Å². The lowest BCUT2D eigenvalue weighted by molar-refractivity contribution is 0.198. The Balaban J connectivity index is 1.89. The van der Waals surface area contributed by atoms with Crippen LogP contribution in [0.15, 0.2) is 71.4 Å². The summed E-state index contributed by atoms with van der Waals surface area (Å²) in [5.41, 5.74) is 8.83. The molecule has 3 N–H and O–H groups in total. The lowest BCUT2D eigenvalue weighted by atomic mass is 10.0. The van der Waals surface area contributed by atoms with Crippen LogP contribution < -0.4 is 11.1 Å². The van der Waals surface area contributed by atoms with E-state index in [4.69, 9.17) is 22.3 Å². The molecule has 0 aromatic carbocycles. The largest absolute Gasteiger partial charge is 0.383 e. The normalized spacial score (nSPS) is 22.3. The van der Waals surface area contributed by atoms with E-state index in [1.807, 2.05) is 41.5 Å². The summed E-state index contributed by atoms with van der Waals surface area (Å²) in [5.74, 6) is -0.462. The number of aromatic nitrogens is 2. The summed E-state index contributed by atoms with van der Waals surface area (Å²) >= 11 is 6.25. The molecule has 1 unspecified atom stereocenters. The third kappa shape index (κ3) is 2.32. The van der Waals surface area contributed by atoms with Gasteiger partial charge in [-0.3, -0.25) is 9.97 Å². The molecule has 0 bridgehead atoms. The second-order valence-electron chi connectivity index (χ2n) is 5.53. The van der Waals surface area contributed by atoms with Gasteiger partial charge in [0.25, 0.3) is 0 Å². The molecular weight excluding hydrogens is 324 g/mol. The van der Waals surface area contributed by atoms with Crippen molar-refractivity contribution in [3.63, 3.8) is 0 Å². The van der Waals surface area contributed by atoms with Gasteiger partial charge in [0, 0.05) is 40.9 Å². The molecule has 0 spiro atoms. The van der Waals surface area contributed by atoms with Crippen LogP contribution in [0.3, 0.4) is 0 Å². The summed E-state index contributed by atoms with van der Waals surface area (Å²) in [6.07, 6.45) is 12.6. The van der Waals surface area contributed by atoms with Crippen LogP contribution in [0.25, 0.3) is 0 Å². The summed E-state index contributed by atoms with van der Waals surface area (Å²) < 4.78 is 0. The molecular formula is C17H15ClN6. The molecule has 2 aliphatic heterocycles. The second-order valence-corrected chi connectivity index (χ2v) is 6.02. The molecule has 0 saturated heterocycles. The molecule has 4 rings (SSSR count). The molecule has 24 heavy (non-hydrogen) atoms. The summed E-state index contributed by atoms with van der Waals surface area (Å²) in [7, 11) is 0. The van der Waals surface area contributed by atoms with Gasteiger partial charge in [-0.15, -0.1) is 0 Å². The second kappa shape index (κ2) is 5.65. The molecule has 0 radical (unpaired) electrons. The summed E-state index contributed by atoms with van der Waals surface area (Å²) in [6.45, 7) is 0.514. The Morgan fingerprint density at radius 2 is 1.96 bits per heavy atom. The topological polar surface area (TPSA) is 79.4 Å². The van der Waals surface area contributed by atoms with Gasteiger partial charge in [-0.25, -0.2) is 4.99 Å². The molecule has 120 valence electrons. The molecule has 0 aliphatic carbocycles. The van der Waals surface area contributed by atoms with Crippen LogP contribution in [0.1, 0.15) is 11.1 Å². The standard InChI is InChI=1S/C17H15ClN6/c18-13-2-1-9-24(11-13)17(12-3-6-20-7-4-12)22-15-10-21-8-5-14(15)16(19)23-17/h1-10,22H,11H2,(H2,19,23). The Morgan fingerprint density at radius 3 is 2.75 bits per heavy atom. The van der Waals surface area contributed by atoms with E-state index in [1.54, 1.807) is 24.8 Å². The highest BCUT2D eigenvalue weighted by molar-refractivity contribution is 6.30. The lowest BCUT2D eigenvalue weighted by Gasteiger charge is -2.44. The van der Waals surface area contributed by atoms with Gasteiger partial charge in [0.1, 0.15) is 5.84 Å². The minimum Gasteiger partial charge on any atom is -0.383 e. The quantitative estimate of drug-likeness (QED) is 0.878. The number of nitrogens with one attached hydrogen (secondary N) is 1. The number of hydrogen-bond donors (Lipinski definition) is 2. The molecule has 4 heterocycles. The van der Waals surface area contributed by atoms with Crippen molar-refractivity contribution < 1.29 is 0 Å². The monoisotopic (exact) mass is 338 g/mol. The van der Waals surface area contributed by atoms with Crippen LogP contribution in [0, 0.1) is 0 Å². The third-order valence-corrected chi connectivity index (χ3v) is 4.30. The maximum absolute atomic E-state index is 6.27. The average Bonchev–Trinajstić information content (AvgIpc) is 2.62. The number of nitrogens with zero attached hydrogens (tertiary/aromatic N) is 4. The minimum absolute atomic E-state index is 0.446. The summed E-state index contributed by atoms with van der Waals surface area (Å²) in [4.78, 5) is 15.1. The maximum Gasteiger partial charge on any atom is 0.237 e. The smallest absolute Gasteiger partial charge is 0.237 e. The highest BCUT2D eigenvalue weighted by Gasteiger charge is 2.41. The molecule has 1 atom stereocenters. The van der Waals surface area contributed by atoms with Crippen molar-refractivity contribution in [3.05, 3.63) is 77.5 Å². The number of nitrogens with two attached hydrogens (primary N) is 1. The van der Waals surface area contributed by atoms with Crippen LogP contribution in [-0.2, 0) is 5.79 Å². The van der Waals surface area contributed by atoms with Gasteiger partial charge >= 0.3 is 0 Å². The van der Waals surface area contributed by atoms with Crippen molar-refractivity contribution >= 4 is 23.1 Å². The summed E-state index contributed by atoms with van der Waals surface area (Å²) in [6, 6.07) is 5.66. The van der Waals surface area contributed by atoms with E-state index in [0.29, 0.717) is 12.4 Å². The van der Waals surface area contributed by atoms with Crippen molar-refractivity contribution in [1.82, 2.24) is 14.9 Å².